The van der Waals surface area contributed by atoms with Crippen LogP contribution in [0, 0.1) is 46.3 Å². The summed E-state index contributed by atoms with van der Waals surface area (Å²) in [5.74, 6) is 5.46. The van der Waals surface area contributed by atoms with Crippen LogP contribution in [0.15, 0.2) is 11.6 Å². The Kier molecular flexibility index (Phi) is 8.01. The third-order valence-electron chi connectivity index (χ3n) is 10.3. The van der Waals surface area contributed by atoms with Gasteiger partial charge in [0.1, 0.15) is 0 Å². The maximum atomic E-state index is 10.2. The second-order valence-electron chi connectivity index (χ2n) is 12.2. The van der Waals surface area contributed by atoms with Gasteiger partial charge in [-0.05, 0) is 97.7 Å². The van der Waals surface area contributed by atoms with Crippen LogP contribution in [-0.2, 0) is 0 Å². The van der Waals surface area contributed by atoms with Crippen molar-refractivity contribution in [1.82, 2.24) is 0 Å². The first-order chi connectivity index (χ1) is 13.3. The van der Waals surface area contributed by atoms with Gasteiger partial charge in [-0.15, -0.1) is 0 Å². The van der Waals surface area contributed by atoms with Crippen molar-refractivity contribution < 1.29 is 7.96 Å². The number of rotatable bonds is 5. The first-order valence-corrected chi connectivity index (χ1v) is 12.6. The maximum Gasteiger partial charge on any atom is 2.00 e. The molecule has 164 valence electrons. The molecule has 0 aromatic rings. The summed E-state index contributed by atoms with van der Waals surface area (Å²) in [6.07, 6.45) is 17.2. The molecule has 8 atom stereocenters. The minimum atomic E-state index is -0.0766. The Labute approximate surface area is 213 Å². The zero-order chi connectivity index (χ0) is 20.1. The standard InChI is InChI=1S/C27H46O.Ca.2H/c1-18(2)7-6-8-19(3)23-11-12-24-22-10-9-20-17-21(28)13-15-26(20,4)25(22)14-16-27(23,24)5;;;/h9,18-19,21-25,28H,6-8,10-17H2,1-5H3;;;/q;+2;2*-1/t19-,21?,22-,23-,24?,25-,26+,27-;;;/m1.../s1. The van der Waals surface area contributed by atoms with E-state index in [1.807, 2.05) is 0 Å². The van der Waals surface area contributed by atoms with Gasteiger partial charge in [0.15, 0.2) is 0 Å². The second kappa shape index (κ2) is 9.44. The Hall–Kier alpha value is 0.960. The van der Waals surface area contributed by atoms with Gasteiger partial charge >= 0.3 is 37.7 Å². The summed E-state index contributed by atoms with van der Waals surface area (Å²) in [4.78, 5) is 0. The Morgan fingerprint density at radius 3 is 2.52 bits per heavy atom. The molecule has 4 aliphatic carbocycles. The SMILES string of the molecule is CC(C)CCC[C@@H](C)[C@H]1CCC2[C@H]3CC=C4CC(O)CC[C@]4(C)[C@@H]3CC[C@@]21C.[Ca+2].[H-].[H-]. The third-order valence-corrected chi connectivity index (χ3v) is 10.3. The number of fused-ring (bicyclic) bond motifs is 5. The van der Waals surface area contributed by atoms with Crippen LogP contribution in [0.25, 0.3) is 0 Å². The van der Waals surface area contributed by atoms with Crippen molar-refractivity contribution >= 4 is 37.7 Å². The molecule has 0 radical (unpaired) electrons. The van der Waals surface area contributed by atoms with Crippen LogP contribution in [0.2, 0.25) is 0 Å². The van der Waals surface area contributed by atoms with Gasteiger partial charge in [0, 0.05) is 0 Å². The van der Waals surface area contributed by atoms with E-state index in [2.05, 4.69) is 40.7 Å². The van der Waals surface area contributed by atoms with Gasteiger partial charge in [0.2, 0.25) is 0 Å². The van der Waals surface area contributed by atoms with Crippen molar-refractivity contribution in [2.24, 2.45) is 46.3 Å². The summed E-state index contributed by atoms with van der Waals surface area (Å²) in [5.41, 5.74) is 2.60. The molecule has 1 N–H and O–H groups in total. The molecule has 0 aliphatic heterocycles. The van der Waals surface area contributed by atoms with Crippen LogP contribution in [0.5, 0.6) is 0 Å². The summed E-state index contributed by atoms with van der Waals surface area (Å²) in [7, 11) is 0. The molecular weight excluding hydrogens is 380 g/mol. The molecule has 3 fully saturated rings. The minimum absolute atomic E-state index is 0. The Bertz CT molecular complexity index is 608. The van der Waals surface area contributed by atoms with Crippen LogP contribution in [0.1, 0.15) is 108 Å². The maximum absolute atomic E-state index is 10.2. The molecule has 4 rings (SSSR count). The number of hydrogen-bond acceptors (Lipinski definition) is 1. The molecule has 1 nitrogen and oxygen atoms in total. The van der Waals surface area contributed by atoms with Gasteiger partial charge in [-0.25, -0.2) is 0 Å². The first-order valence-electron chi connectivity index (χ1n) is 12.6. The Morgan fingerprint density at radius 1 is 1.03 bits per heavy atom. The van der Waals surface area contributed by atoms with Crippen molar-refractivity contribution in [3.8, 4) is 0 Å². The molecule has 0 aromatic carbocycles. The molecule has 0 heterocycles. The van der Waals surface area contributed by atoms with Crippen LogP contribution >= 0.6 is 0 Å². The van der Waals surface area contributed by atoms with Crippen molar-refractivity contribution in [2.45, 2.75) is 111 Å². The van der Waals surface area contributed by atoms with Crippen molar-refractivity contribution in [2.75, 3.05) is 0 Å². The smallest absolute Gasteiger partial charge is 1.00 e. The minimum Gasteiger partial charge on any atom is -1.00 e. The second-order valence-corrected chi connectivity index (χ2v) is 12.2. The molecule has 2 heteroatoms. The summed E-state index contributed by atoms with van der Waals surface area (Å²) in [6.45, 7) is 12.6. The van der Waals surface area contributed by atoms with Gasteiger partial charge in [-0.3, -0.25) is 0 Å². The van der Waals surface area contributed by atoms with Gasteiger partial charge in [-0.1, -0.05) is 65.5 Å². The van der Waals surface area contributed by atoms with E-state index >= 15 is 0 Å². The molecule has 0 amide bonds. The van der Waals surface area contributed by atoms with Gasteiger partial charge in [0.05, 0.1) is 6.10 Å². The predicted octanol–water partition coefficient (Wildman–Crippen LogP) is 7.23. The molecular formula is C27H48CaO. The number of hydrogen-bond donors (Lipinski definition) is 1. The van der Waals surface area contributed by atoms with Gasteiger partial charge in [-0.2, -0.15) is 0 Å². The molecule has 0 spiro atoms. The van der Waals surface area contributed by atoms with E-state index < -0.39 is 0 Å². The van der Waals surface area contributed by atoms with Crippen molar-refractivity contribution in [3.05, 3.63) is 11.6 Å². The zero-order valence-corrected chi connectivity index (χ0v) is 22.3. The van der Waals surface area contributed by atoms with Gasteiger partial charge < -0.3 is 7.96 Å². The molecule has 2 unspecified atom stereocenters. The van der Waals surface area contributed by atoms with E-state index in [1.54, 1.807) is 5.57 Å². The first kappa shape index (κ1) is 24.6. The van der Waals surface area contributed by atoms with Crippen LogP contribution in [-0.4, -0.2) is 48.9 Å². The van der Waals surface area contributed by atoms with E-state index in [0.717, 1.165) is 48.3 Å². The van der Waals surface area contributed by atoms with Gasteiger partial charge in [0.25, 0.3) is 0 Å². The van der Waals surface area contributed by atoms with E-state index in [4.69, 9.17) is 0 Å². The summed E-state index contributed by atoms with van der Waals surface area (Å²) >= 11 is 0. The van der Waals surface area contributed by atoms with E-state index in [-0.39, 0.29) is 46.7 Å². The van der Waals surface area contributed by atoms with E-state index in [1.165, 1.54) is 57.8 Å². The van der Waals surface area contributed by atoms with E-state index in [0.29, 0.717) is 10.8 Å². The van der Waals surface area contributed by atoms with Crippen LogP contribution in [0.3, 0.4) is 0 Å². The molecule has 29 heavy (non-hydrogen) atoms. The zero-order valence-electron chi connectivity index (χ0n) is 22.1. The Morgan fingerprint density at radius 2 is 1.79 bits per heavy atom. The molecule has 3 saturated carbocycles. The normalized spacial score (nSPS) is 44.9. The quantitative estimate of drug-likeness (QED) is 0.361. The van der Waals surface area contributed by atoms with Crippen LogP contribution in [0.4, 0.5) is 0 Å². The average molecular weight is 429 g/mol. The van der Waals surface area contributed by atoms with Crippen molar-refractivity contribution in [3.63, 3.8) is 0 Å². The fraction of sp³-hybridized carbons (Fsp3) is 0.926. The summed E-state index contributed by atoms with van der Waals surface area (Å²) < 4.78 is 0. The average Bonchev–Trinajstić information content (AvgIpc) is 2.99. The summed E-state index contributed by atoms with van der Waals surface area (Å²) in [6, 6.07) is 0. The summed E-state index contributed by atoms with van der Waals surface area (Å²) in [5, 5.41) is 10.2. The molecule has 4 aliphatic rings. The largest absolute Gasteiger partial charge is 2.00 e. The number of allylic oxidation sites excluding steroid dienone is 1. The fourth-order valence-electron chi connectivity index (χ4n) is 8.67. The molecule has 0 bridgehead atoms. The Balaban J connectivity index is 0.00000160. The fourth-order valence-corrected chi connectivity index (χ4v) is 8.67. The number of aliphatic hydroxyl groups excluding tert-OH is 1. The molecule has 0 aromatic heterocycles. The van der Waals surface area contributed by atoms with E-state index in [9.17, 15) is 5.11 Å². The topological polar surface area (TPSA) is 20.2 Å². The van der Waals surface area contributed by atoms with Crippen molar-refractivity contribution in [1.29, 1.82) is 0 Å². The molecule has 0 saturated heterocycles. The van der Waals surface area contributed by atoms with Crippen LogP contribution < -0.4 is 0 Å². The number of aliphatic hydroxyl groups is 1. The monoisotopic (exact) mass is 428 g/mol. The predicted molar refractivity (Wildman–Crippen MR) is 127 cm³/mol. The third kappa shape index (κ3) is 4.43.